The minimum absolute atomic E-state index is 0.643. The van der Waals surface area contributed by atoms with Crippen LogP contribution in [0.3, 0.4) is 0 Å². The summed E-state index contributed by atoms with van der Waals surface area (Å²) >= 11 is 0. The number of hydrogen-bond donors (Lipinski definition) is 0. The van der Waals surface area contributed by atoms with Gasteiger partial charge in [-0.25, -0.2) is 0 Å². The molecule has 1 fully saturated rings. The largest absolute Gasteiger partial charge is 0.0979 e. The highest BCUT2D eigenvalue weighted by Gasteiger charge is 2.46. The Hall–Kier alpha value is -1.60. The molecule has 2 aliphatic rings. The van der Waals surface area contributed by atoms with Gasteiger partial charge in [-0.05, 0) is 16.7 Å². The highest BCUT2D eigenvalue weighted by atomic mass is 28.3. The maximum Gasteiger partial charge on any atom is 0.0979 e. The van der Waals surface area contributed by atoms with Crippen LogP contribution in [0.4, 0.5) is 0 Å². The van der Waals surface area contributed by atoms with Gasteiger partial charge in [-0.2, -0.15) is 0 Å². The van der Waals surface area contributed by atoms with Gasteiger partial charge in [-0.15, -0.1) is 0 Å². The van der Waals surface area contributed by atoms with Crippen LogP contribution in [0.5, 0.6) is 0 Å². The van der Waals surface area contributed by atoms with E-state index in [1.54, 1.807) is 10.8 Å². The molecular formula is C22H26Si. The van der Waals surface area contributed by atoms with E-state index in [0.29, 0.717) is 5.54 Å². The van der Waals surface area contributed by atoms with Crippen LogP contribution in [0, 0.1) is 0 Å². The molecule has 118 valence electrons. The molecule has 0 spiro atoms. The number of benzene rings is 2. The van der Waals surface area contributed by atoms with E-state index in [-0.39, 0.29) is 0 Å². The second-order valence-corrected chi connectivity index (χ2v) is 12.0. The van der Waals surface area contributed by atoms with Crippen molar-refractivity contribution < 1.29 is 0 Å². The smallest absolute Gasteiger partial charge is 0.0787 e. The summed E-state index contributed by atoms with van der Waals surface area (Å²) in [7, 11) is -1.63. The molecule has 2 aromatic carbocycles. The van der Waals surface area contributed by atoms with Crippen LogP contribution in [0.15, 0.2) is 60.7 Å². The Balaban J connectivity index is 1.82. The lowest BCUT2D eigenvalue weighted by atomic mass is 10.0. The van der Waals surface area contributed by atoms with Crippen molar-refractivity contribution >= 4 is 19.3 Å². The first kappa shape index (κ1) is 15.0. The molecule has 0 amide bonds. The fourth-order valence-electron chi connectivity index (χ4n) is 4.94. The number of allylic oxidation sites excluding steroid dienone is 1. The van der Waals surface area contributed by atoms with E-state index in [2.05, 4.69) is 73.3 Å². The zero-order chi connectivity index (χ0) is 15.7. The van der Waals surface area contributed by atoms with Crippen molar-refractivity contribution in [2.45, 2.75) is 49.7 Å². The Bertz CT molecular complexity index is 697. The molecule has 0 heterocycles. The van der Waals surface area contributed by atoms with Crippen molar-refractivity contribution in [1.29, 1.82) is 0 Å². The summed E-state index contributed by atoms with van der Waals surface area (Å²) in [6.45, 7) is 2.66. The molecule has 0 bridgehead atoms. The third-order valence-electron chi connectivity index (χ3n) is 6.29. The SMILES string of the molecule is C[Si](c1ccccc1)(C1CCCCC1)C1C=Cc2ccccc21. The van der Waals surface area contributed by atoms with Crippen LogP contribution >= 0.6 is 0 Å². The van der Waals surface area contributed by atoms with Crippen LogP contribution in [-0.4, -0.2) is 8.07 Å². The molecule has 0 N–H and O–H groups in total. The van der Waals surface area contributed by atoms with Crippen LogP contribution in [0.25, 0.3) is 6.08 Å². The van der Waals surface area contributed by atoms with Crippen LogP contribution in [-0.2, 0) is 0 Å². The Morgan fingerprint density at radius 2 is 1.52 bits per heavy atom. The number of hydrogen-bond acceptors (Lipinski definition) is 0. The van der Waals surface area contributed by atoms with Gasteiger partial charge >= 0.3 is 0 Å². The number of rotatable bonds is 3. The Labute approximate surface area is 141 Å². The third kappa shape index (κ3) is 2.51. The van der Waals surface area contributed by atoms with Gasteiger partial charge in [0.15, 0.2) is 0 Å². The molecule has 2 unspecified atom stereocenters. The summed E-state index contributed by atoms with van der Waals surface area (Å²) in [6, 6.07) is 20.5. The Morgan fingerprint density at radius 3 is 2.30 bits per heavy atom. The fraction of sp³-hybridized carbons (Fsp3) is 0.364. The first-order valence-corrected chi connectivity index (χ1v) is 11.8. The molecule has 4 rings (SSSR count). The molecule has 2 atom stereocenters. The molecule has 0 nitrogen and oxygen atoms in total. The van der Waals surface area contributed by atoms with Crippen molar-refractivity contribution in [3.63, 3.8) is 0 Å². The van der Waals surface area contributed by atoms with Crippen molar-refractivity contribution in [2.75, 3.05) is 0 Å². The third-order valence-corrected chi connectivity index (χ3v) is 11.9. The molecular weight excluding hydrogens is 292 g/mol. The van der Waals surface area contributed by atoms with E-state index in [1.807, 2.05) is 0 Å². The van der Waals surface area contributed by atoms with Crippen molar-refractivity contribution in [3.8, 4) is 0 Å². The van der Waals surface area contributed by atoms with Crippen molar-refractivity contribution in [3.05, 3.63) is 71.8 Å². The minimum atomic E-state index is -1.63. The van der Waals surface area contributed by atoms with Crippen LogP contribution < -0.4 is 5.19 Å². The first-order valence-electron chi connectivity index (χ1n) is 9.13. The summed E-state index contributed by atoms with van der Waals surface area (Å²) < 4.78 is 0. The fourth-order valence-corrected chi connectivity index (χ4v) is 10.2. The average molecular weight is 319 g/mol. The van der Waals surface area contributed by atoms with Crippen molar-refractivity contribution in [2.24, 2.45) is 0 Å². The lowest BCUT2D eigenvalue weighted by molar-refractivity contribution is 0.491. The van der Waals surface area contributed by atoms with Gasteiger partial charge in [0, 0.05) is 5.54 Å². The lowest BCUT2D eigenvalue weighted by Gasteiger charge is -2.43. The van der Waals surface area contributed by atoms with E-state index in [1.165, 1.54) is 37.7 Å². The van der Waals surface area contributed by atoms with Gasteiger partial charge in [0.2, 0.25) is 0 Å². The molecule has 2 aromatic rings. The molecule has 23 heavy (non-hydrogen) atoms. The summed E-state index contributed by atoms with van der Waals surface area (Å²) in [5.74, 6) is 0. The minimum Gasteiger partial charge on any atom is -0.0787 e. The van der Waals surface area contributed by atoms with Crippen molar-refractivity contribution in [1.82, 2.24) is 0 Å². The maximum absolute atomic E-state index is 2.66. The zero-order valence-corrected chi connectivity index (χ0v) is 15.0. The van der Waals surface area contributed by atoms with Gasteiger partial charge in [0.25, 0.3) is 0 Å². The molecule has 0 aliphatic heterocycles. The van der Waals surface area contributed by atoms with E-state index in [0.717, 1.165) is 5.54 Å². The normalized spacial score (nSPS) is 23.4. The van der Waals surface area contributed by atoms with E-state index >= 15 is 0 Å². The van der Waals surface area contributed by atoms with Gasteiger partial charge in [0.05, 0.1) is 8.07 Å². The predicted octanol–water partition coefficient (Wildman–Crippen LogP) is 5.66. The second-order valence-electron chi connectivity index (χ2n) is 7.45. The highest BCUT2D eigenvalue weighted by molar-refractivity contribution is 6.93. The zero-order valence-electron chi connectivity index (χ0n) is 14.0. The predicted molar refractivity (Wildman–Crippen MR) is 103 cm³/mol. The van der Waals surface area contributed by atoms with E-state index in [9.17, 15) is 0 Å². The first-order chi connectivity index (χ1) is 11.3. The summed E-state index contributed by atoms with van der Waals surface area (Å²) in [5, 5.41) is 1.65. The highest BCUT2D eigenvalue weighted by Crippen LogP contribution is 2.47. The monoisotopic (exact) mass is 318 g/mol. The molecule has 1 heteroatoms. The molecule has 0 aromatic heterocycles. The lowest BCUT2D eigenvalue weighted by Crippen LogP contribution is -2.54. The van der Waals surface area contributed by atoms with Gasteiger partial charge < -0.3 is 0 Å². The standard InChI is InChI=1S/C22H26Si/c1-23(19-11-4-2-5-12-19,20-13-6-3-7-14-20)22-17-16-18-10-8-9-15-21(18)22/h2,4-5,8-12,15-17,20,22H,3,6-7,13-14H2,1H3. The number of fused-ring (bicyclic) bond motifs is 1. The topological polar surface area (TPSA) is 0 Å². The molecule has 0 saturated heterocycles. The van der Waals surface area contributed by atoms with Gasteiger partial charge in [-0.3, -0.25) is 0 Å². The van der Waals surface area contributed by atoms with E-state index < -0.39 is 8.07 Å². The summed E-state index contributed by atoms with van der Waals surface area (Å²) in [5.41, 5.74) is 4.59. The van der Waals surface area contributed by atoms with Crippen LogP contribution in [0.1, 0.15) is 48.8 Å². The summed E-state index contributed by atoms with van der Waals surface area (Å²) in [4.78, 5) is 0. The average Bonchev–Trinajstić information content (AvgIpc) is 3.07. The van der Waals surface area contributed by atoms with Gasteiger partial charge in [-0.1, -0.05) is 111 Å². The van der Waals surface area contributed by atoms with Crippen LogP contribution in [0.2, 0.25) is 12.1 Å². The summed E-state index contributed by atoms with van der Waals surface area (Å²) in [6.07, 6.45) is 12.1. The molecule has 0 radical (unpaired) electrons. The molecule has 1 saturated carbocycles. The van der Waals surface area contributed by atoms with E-state index in [4.69, 9.17) is 0 Å². The molecule has 2 aliphatic carbocycles. The quantitative estimate of drug-likeness (QED) is 0.641. The maximum atomic E-state index is 2.66. The second kappa shape index (κ2) is 6.12. The Kier molecular flexibility index (Phi) is 3.98. The Morgan fingerprint density at radius 1 is 0.826 bits per heavy atom. The van der Waals surface area contributed by atoms with Gasteiger partial charge in [0.1, 0.15) is 0 Å².